The van der Waals surface area contributed by atoms with Gasteiger partial charge in [-0.1, -0.05) is 30.3 Å². The second-order valence-corrected chi connectivity index (χ2v) is 8.71. The number of sulfonamides is 1. The topological polar surface area (TPSA) is 105 Å². The maximum atomic E-state index is 12.7. The molecule has 1 saturated heterocycles. The standard InChI is InChI=1S/C20H20N4O4S/c25-19-17-7-4-11-21-18(17)22-20(26)24(19)16-8-12-23(13-9-16)29(27,28)14-10-15-5-2-1-3-6-15/h1-7,10-11,14,16H,8-9,12-13H2,(H,21,22,26)/b14-10+. The van der Waals surface area contributed by atoms with Crippen molar-refractivity contribution in [2.75, 3.05) is 13.1 Å². The minimum absolute atomic E-state index is 0.239. The molecule has 1 fully saturated rings. The van der Waals surface area contributed by atoms with Gasteiger partial charge in [-0.25, -0.2) is 18.2 Å². The minimum Gasteiger partial charge on any atom is -0.291 e. The summed E-state index contributed by atoms with van der Waals surface area (Å²) in [4.78, 5) is 31.8. The van der Waals surface area contributed by atoms with Crippen LogP contribution in [0.25, 0.3) is 17.1 Å². The van der Waals surface area contributed by atoms with Crippen LogP contribution in [0.2, 0.25) is 0 Å². The van der Waals surface area contributed by atoms with Crippen LogP contribution in [0, 0.1) is 0 Å². The number of pyridine rings is 1. The van der Waals surface area contributed by atoms with Gasteiger partial charge in [-0.2, -0.15) is 4.31 Å². The third kappa shape index (κ3) is 3.92. The average molecular weight is 412 g/mol. The molecular weight excluding hydrogens is 392 g/mol. The fourth-order valence-electron chi connectivity index (χ4n) is 3.56. The molecule has 0 aliphatic carbocycles. The van der Waals surface area contributed by atoms with Crippen LogP contribution in [0.15, 0.2) is 63.7 Å². The second-order valence-electron chi connectivity index (χ2n) is 6.89. The van der Waals surface area contributed by atoms with Gasteiger partial charge in [-0.05, 0) is 36.6 Å². The van der Waals surface area contributed by atoms with E-state index in [9.17, 15) is 18.0 Å². The van der Waals surface area contributed by atoms with Gasteiger partial charge in [-0.3, -0.25) is 14.3 Å². The summed E-state index contributed by atoms with van der Waals surface area (Å²) in [5, 5.41) is 1.54. The Bertz CT molecular complexity index is 1270. The fraction of sp³-hybridized carbons (Fsp3) is 0.250. The molecule has 1 N–H and O–H groups in total. The number of piperidine rings is 1. The zero-order valence-corrected chi connectivity index (χ0v) is 16.4. The quantitative estimate of drug-likeness (QED) is 0.703. The van der Waals surface area contributed by atoms with Crippen LogP contribution in [0.5, 0.6) is 0 Å². The Labute approximate surface area is 167 Å². The number of hydrogen-bond donors (Lipinski definition) is 1. The lowest BCUT2D eigenvalue weighted by Gasteiger charge is -2.30. The Morgan fingerprint density at radius 1 is 1.03 bits per heavy atom. The first-order chi connectivity index (χ1) is 14.0. The van der Waals surface area contributed by atoms with Gasteiger partial charge in [0.05, 0.1) is 5.39 Å². The molecular formula is C20H20N4O4S. The van der Waals surface area contributed by atoms with Gasteiger partial charge in [0, 0.05) is 30.7 Å². The molecule has 0 atom stereocenters. The molecule has 0 saturated carbocycles. The molecule has 0 bridgehead atoms. The molecule has 0 spiro atoms. The van der Waals surface area contributed by atoms with Crippen molar-refractivity contribution < 1.29 is 8.42 Å². The van der Waals surface area contributed by atoms with E-state index in [-0.39, 0.29) is 24.8 Å². The van der Waals surface area contributed by atoms with Gasteiger partial charge in [0.2, 0.25) is 10.0 Å². The number of aromatic nitrogens is 3. The Hall–Kier alpha value is -3.04. The Morgan fingerprint density at radius 3 is 2.48 bits per heavy atom. The maximum Gasteiger partial charge on any atom is 0.330 e. The van der Waals surface area contributed by atoms with Crippen LogP contribution in [0.3, 0.4) is 0 Å². The van der Waals surface area contributed by atoms with E-state index >= 15 is 0 Å². The zero-order chi connectivity index (χ0) is 20.4. The maximum absolute atomic E-state index is 12.7. The Morgan fingerprint density at radius 2 is 1.76 bits per heavy atom. The van der Waals surface area contributed by atoms with E-state index in [1.54, 1.807) is 18.2 Å². The number of H-pyrrole nitrogens is 1. The molecule has 1 aliphatic heterocycles. The predicted octanol–water partition coefficient (Wildman–Crippen LogP) is 1.72. The predicted molar refractivity (Wildman–Crippen MR) is 111 cm³/mol. The smallest absolute Gasteiger partial charge is 0.291 e. The van der Waals surface area contributed by atoms with Crippen LogP contribution in [-0.4, -0.2) is 40.3 Å². The van der Waals surface area contributed by atoms with E-state index < -0.39 is 21.3 Å². The minimum atomic E-state index is -3.57. The Kier molecular flexibility index (Phi) is 5.16. The third-order valence-electron chi connectivity index (χ3n) is 5.08. The van der Waals surface area contributed by atoms with Crippen molar-refractivity contribution in [3.8, 4) is 0 Å². The fourth-order valence-corrected chi connectivity index (χ4v) is 4.78. The van der Waals surface area contributed by atoms with Crippen molar-refractivity contribution in [1.29, 1.82) is 0 Å². The van der Waals surface area contributed by atoms with Crippen molar-refractivity contribution in [3.63, 3.8) is 0 Å². The van der Waals surface area contributed by atoms with Gasteiger partial charge in [0.25, 0.3) is 5.56 Å². The number of hydrogen-bond acceptors (Lipinski definition) is 5. The summed E-state index contributed by atoms with van der Waals surface area (Å²) in [5.41, 5.74) is 0.132. The van der Waals surface area contributed by atoms with E-state index in [0.29, 0.717) is 18.2 Å². The van der Waals surface area contributed by atoms with Crippen LogP contribution in [0.1, 0.15) is 24.4 Å². The van der Waals surface area contributed by atoms with Crippen molar-refractivity contribution in [3.05, 3.63) is 80.5 Å². The molecule has 1 aliphatic rings. The van der Waals surface area contributed by atoms with Crippen LogP contribution < -0.4 is 11.2 Å². The van der Waals surface area contributed by atoms with Crippen molar-refractivity contribution in [2.45, 2.75) is 18.9 Å². The monoisotopic (exact) mass is 412 g/mol. The highest BCUT2D eigenvalue weighted by atomic mass is 32.2. The summed E-state index contributed by atoms with van der Waals surface area (Å²) in [6.07, 6.45) is 3.83. The van der Waals surface area contributed by atoms with Crippen molar-refractivity contribution in [2.24, 2.45) is 0 Å². The molecule has 8 nitrogen and oxygen atoms in total. The number of rotatable bonds is 4. The van der Waals surface area contributed by atoms with Gasteiger partial charge in [0.15, 0.2) is 0 Å². The molecule has 1 aromatic carbocycles. The molecule has 0 unspecified atom stereocenters. The van der Waals surface area contributed by atoms with Crippen LogP contribution in [-0.2, 0) is 10.0 Å². The molecule has 29 heavy (non-hydrogen) atoms. The second kappa shape index (κ2) is 7.76. The molecule has 0 radical (unpaired) electrons. The van der Waals surface area contributed by atoms with E-state index in [2.05, 4.69) is 9.97 Å². The lowest BCUT2D eigenvalue weighted by molar-refractivity contribution is 0.268. The van der Waals surface area contributed by atoms with E-state index in [4.69, 9.17) is 0 Å². The number of fused-ring (bicyclic) bond motifs is 1. The van der Waals surface area contributed by atoms with Crippen molar-refractivity contribution in [1.82, 2.24) is 18.8 Å². The first kappa shape index (κ1) is 19.3. The lowest BCUT2D eigenvalue weighted by Crippen LogP contribution is -2.44. The van der Waals surface area contributed by atoms with Gasteiger partial charge >= 0.3 is 5.69 Å². The molecule has 2 aromatic heterocycles. The van der Waals surface area contributed by atoms with E-state index in [0.717, 1.165) is 5.56 Å². The zero-order valence-electron chi connectivity index (χ0n) is 15.6. The van der Waals surface area contributed by atoms with Crippen LogP contribution in [0.4, 0.5) is 0 Å². The lowest BCUT2D eigenvalue weighted by atomic mass is 10.1. The molecule has 3 heterocycles. The van der Waals surface area contributed by atoms with Crippen molar-refractivity contribution >= 4 is 27.1 Å². The highest BCUT2D eigenvalue weighted by Gasteiger charge is 2.29. The highest BCUT2D eigenvalue weighted by Crippen LogP contribution is 2.23. The number of benzene rings is 1. The van der Waals surface area contributed by atoms with Gasteiger partial charge in [-0.15, -0.1) is 0 Å². The molecule has 9 heteroatoms. The number of aromatic amines is 1. The summed E-state index contributed by atoms with van der Waals surface area (Å²) < 4.78 is 27.8. The summed E-state index contributed by atoms with van der Waals surface area (Å²) in [6, 6.07) is 12.1. The van der Waals surface area contributed by atoms with Gasteiger partial charge in [0.1, 0.15) is 5.65 Å². The molecule has 150 valence electrons. The Balaban J connectivity index is 1.53. The highest BCUT2D eigenvalue weighted by molar-refractivity contribution is 7.92. The number of nitrogens with one attached hydrogen (secondary N) is 1. The normalized spacial score (nSPS) is 16.6. The van der Waals surface area contributed by atoms with Gasteiger partial charge < -0.3 is 0 Å². The molecule has 3 aromatic rings. The molecule has 0 amide bonds. The summed E-state index contributed by atoms with van der Waals surface area (Å²) in [6.45, 7) is 0.478. The summed E-state index contributed by atoms with van der Waals surface area (Å²) in [5.74, 6) is 0. The first-order valence-electron chi connectivity index (χ1n) is 9.28. The summed E-state index contributed by atoms with van der Waals surface area (Å²) >= 11 is 0. The van der Waals surface area contributed by atoms with Crippen LogP contribution >= 0.6 is 0 Å². The SMILES string of the molecule is O=c1[nH]c2ncccc2c(=O)n1C1CCN(S(=O)(=O)/C=C/c2ccccc2)CC1. The third-order valence-corrected chi connectivity index (χ3v) is 6.65. The average Bonchev–Trinajstić information content (AvgIpc) is 2.73. The van der Waals surface area contributed by atoms with E-state index in [1.165, 1.54) is 20.5 Å². The summed E-state index contributed by atoms with van der Waals surface area (Å²) in [7, 11) is -3.57. The first-order valence-corrected chi connectivity index (χ1v) is 10.8. The van der Waals surface area contributed by atoms with E-state index in [1.807, 2.05) is 30.3 Å². The largest absolute Gasteiger partial charge is 0.330 e. The number of nitrogens with zero attached hydrogens (tertiary/aromatic N) is 3. The molecule has 4 rings (SSSR count).